The molecule has 3 aromatic rings. The van der Waals surface area contributed by atoms with Gasteiger partial charge in [0.1, 0.15) is 0 Å². The van der Waals surface area contributed by atoms with E-state index in [9.17, 15) is 0 Å². The Kier molecular flexibility index (Phi) is 3.42. The Morgan fingerprint density at radius 3 is 2.74 bits per heavy atom. The molecule has 3 rings (SSSR count). The number of hydrogen-bond acceptors (Lipinski definition) is 5. The van der Waals surface area contributed by atoms with Crippen molar-refractivity contribution in [2.24, 2.45) is 0 Å². The molecule has 0 aliphatic heterocycles. The third-order valence-corrected chi connectivity index (χ3v) is 4.88. The van der Waals surface area contributed by atoms with E-state index in [0.717, 1.165) is 18.8 Å². The zero-order valence-corrected chi connectivity index (χ0v) is 13.4. The summed E-state index contributed by atoms with van der Waals surface area (Å²) >= 11 is 8.52. The highest BCUT2D eigenvalue weighted by atomic mass is 79.9. The van der Waals surface area contributed by atoms with Gasteiger partial charge in [0.05, 0.1) is 18.8 Å². The Balaban J connectivity index is 2.22. The van der Waals surface area contributed by atoms with Gasteiger partial charge in [0.2, 0.25) is 0 Å². The second-order valence-electron chi connectivity index (χ2n) is 3.72. The number of aromatic nitrogens is 2. The quantitative estimate of drug-likeness (QED) is 0.684. The lowest BCUT2D eigenvalue weighted by Gasteiger charge is -2.00. The van der Waals surface area contributed by atoms with Crippen LogP contribution in [0.1, 0.15) is 0 Å². The van der Waals surface area contributed by atoms with Crippen LogP contribution < -0.4 is 5.73 Å². The van der Waals surface area contributed by atoms with Gasteiger partial charge in [-0.3, -0.25) is 4.98 Å². The molecule has 96 valence electrons. The molecule has 2 N–H and O–H groups in total. The molecular formula is C12H7Br2N3OS. The minimum absolute atomic E-state index is 0.336. The summed E-state index contributed by atoms with van der Waals surface area (Å²) in [6.07, 6.45) is 1.71. The molecule has 3 aromatic heterocycles. The highest BCUT2D eigenvalue weighted by Gasteiger charge is 2.21. The molecule has 0 bridgehead atoms. The fourth-order valence-electron chi connectivity index (χ4n) is 1.74. The monoisotopic (exact) mass is 399 g/mol. The number of halogens is 2. The zero-order chi connectivity index (χ0) is 13.4. The lowest BCUT2D eigenvalue weighted by atomic mass is 10.1. The van der Waals surface area contributed by atoms with Crippen LogP contribution in [0, 0.1) is 0 Å². The summed E-state index contributed by atoms with van der Waals surface area (Å²) < 4.78 is 7.32. The van der Waals surface area contributed by atoms with Gasteiger partial charge in [0.15, 0.2) is 11.6 Å². The van der Waals surface area contributed by atoms with Crippen molar-refractivity contribution in [2.75, 3.05) is 5.73 Å². The van der Waals surface area contributed by atoms with Crippen molar-refractivity contribution in [3.05, 3.63) is 38.0 Å². The average molecular weight is 401 g/mol. The molecule has 0 saturated carbocycles. The first-order valence-corrected chi connectivity index (χ1v) is 7.69. The van der Waals surface area contributed by atoms with Gasteiger partial charge in [-0.25, -0.2) is 0 Å². The first-order chi connectivity index (χ1) is 9.16. The van der Waals surface area contributed by atoms with Gasteiger partial charge in [-0.15, -0.1) is 11.3 Å². The van der Waals surface area contributed by atoms with Crippen LogP contribution >= 0.6 is 43.2 Å². The molecule has 0 aromatic carbocycles. The maximum Gasteiger partial charge on any atom is 0.180 e. The van der Waals surface area contributed by atoms with E-state index in [1.165, 1.54) is 0 Å². The number of pyridine rings is 1. The highest BCUT2D eigenvalue weighted by molar-refractivity contribution is 9.12. The molecule has 0 fully saturated rings. The minimum atomic E-state index is 0.336. The Morgan fingerprint density at radius 2 is 2.11 bits per heavy atom. The summed E-state index contributed by atoms with van der Waals surface area (Å²) in [7, 11) is 0. The molecule has 0 aliphatic rings. The molecule has 7 heteroatoms. The number of thiophene rings is 1. The lowest BCUT2D eigenvalue weighted by molar-refractivity contribution is 0.436. The van der Waals surface area contributed by atoms with Gasteiger partial charge in [-0.05, 0) is 50.1 Å². The molecular weight excluding hydrogens is 394 g/mol. The highest BCUT2D eigenvalue weighted by Crippen LogP contribution is 2.43. The summed E-state index contributed by atoms with van der Waals surface area (Å²) in [6, 6.07) is 7.59. The number of hydrogen-bond donors (Lipinski definition) is 1. The van der Waals surface area contributed by atoms with Crippen molar-refractivity contribution in [1.82, 2.24) is 10.1 Å². The molecule has 0 unspecified atom stereocenters. The minimum Gasteiger partial charge on any atom is -0.380 e. The zero-order valence-electron chi connectivity index (χ0n) is 9.43. The fourth-order valence-corrected chi connectivity index (χ4v) is 4.53. The number of rotatable bonds is 2. The van der Waals surface area contributed by atoms with Crippen molar-refractivity contribution in [1.29, 1.82) is 0 Å². The van der Waals surface area contributed by atoms with Crippen LogP contribution in [0.25, 0.3) is 22.6 Å². The van der Waals surface area contributed by atoms with Crippen LogP contribution in [0.15, 0.2) is 42.6 Å². The topological polar surface area (TPSA) is 64.9 Å². The Labute approximate surface area is 129 Å². The molecule has 19 heavy (non-hydrogen) atoms. The van der Waals surface area contributed by atoms with E-state index in [1.807, 2.05) is 24.3 Å². The fraction of sp³-hybridized carbons (Fsp3) is 0. The first kappa shape index (κ1) is 12.8. The van der Waals surface area contributed by atoms with Gasteiger partial charge in [-0.1, -0.05) is 11.2 Å². The lowest BCUT2D eigenvalue weighted by Crippen LogP contribution is -1.90. The number of nitrogens with zero attached hydrogens (tertiary/aromatic N) is 2. The smallest absolute Gasteiger partial charge is 0.180 e. The van der Waals surface area contributed by atoms with Crippen LogP contribution in [0.2, 0.25) is 0 Å². The van der Waals surface area contributed by atoms with E-state index in [4.69, 9.17) is 10.3 Å². The Morgan fingerprint density at radius 1 is 1.26 bits per heavy atom. The van der Waals surface area contributed by atoms with Gasteiger partial charge in [0.25, 0.3) is 0 Å². The van der Waals surface area contributed by atoms with E-state index in [2.05, 4.69) is 42.0 Å². The largest absolute Gasteiger partial charge is 0.380 e. The van der Waals surface area contributed by atoms with Gasteiger partial charge in [0, 0.05) is 11.8 Å². The second-order valence-corrected chi connectivity index (χ2v) is 7.47. The maximum absolute atomic E-state index is 5.90. The van der Waals surface area contributed by atoms with Crippen molar-refractivity contribution in [3.8, 4) is 22.6 Å². The summed E-state index contributed by atoms with van der Waals surface area (Å²) in [5.74, 6) is 0.952. The van der Waals surface area contributed by atoms with E-state index in [1.54, 1.807) is 17.5 Å². The molecule has 4 nitrogen and oxygen atoms in total. The summed E-state index contributed by atoms with van der Waals surface area (Å²) in [4.78, 5) is 4.30. The maximum atomic E-state index is 5.90. The Hall–Kier alpha value is -1.18. The third-order valence-electron chi connectivity index (χ3n) is 2.54. The van der Waals surface area contributed by atoms with Crippen molar-refractivity contribution in [3.63, 3.8) is 0 Å². The standard InChI is InChI=1S/C12H7Br2N3OS/c13-8-5-6(11(14)19-8)10-9(12(15)17-18-10)7-3-1-2-4-16-7/h1-5H,(H2,15,17). The number of nitrogens with two attached hydrogens (primary N) is 1. The van der Waals surface area contributed by atoms with Crippen molar-refractivity contribution in [2.45, 2.75) is 0 Å². The van der Waals surface area contributed by atoms with Crippen LogP contribution in [0.5, 0.6) is 0 Å². The van der Waals surface area contributed by atoms with E-state index in [0.29, 0.717) is 17.1 Å². The van der Waals surface area contributed by atoms with E-state index in [-0.39, 0.29) is 0 Å². The SMILES string of the molecule is Nc1noc(-c2cc(Br)sc2Br)c1-c1ccccn1. The summed E-state index contributed by atoms with van der Waals surface area (Å²) in [5.41, 5.74) is 8.26. The van der Waals surface area contributed by atoms with Crippen LogP contribution in [-0.4, -0.2) is 10.1 Å². The van der Waals surface area contributed by atoms with Crippen LogP contribution in [0.3, 0.4) is 0 Å². The predicted molar refractivity (Wildman–Crippen MR) is 82.9 cm³/mol. The van der Waals surface area contributed by atoms with E-state index < -0.39 is 0 Å². The normalized spacial score (nSPS) is 10.8. The molecule has 0 radical (unpaired) electrons. The first-order valence-electron chi connectivity index (χ1n) is 5.28. The van der Waals surface area contributed by atoms with Gasteiger partial charge in [-0.2, -0.15) is 0 Å². The number of anilines is 1. The van der Waals surface area contributed by atoms with E-state index >= 15 is 0 Å². The van der Waals surface area contributed by atoms with Crippen LogP contribution in [0.4, 0.5) is 5.82 Å². The van der Waals surface area contributed by atoms with Gasteiger partial charge < -0.3 is 10.3 Å². The van der Waals surface area contributed by atoms with Crippen molar-refractivity contribution < 1.29 is 4.52 Å². The molecule has 0 saturated heterocycles. The third kappa shape index (κ3) is 2.33. The summed E-state index contributed by atoms with van der Waals surface area (Å²) in [5, 5.41) is 3.85. The molecule has 0 atom stereocenters. The number of nitrogen functional groups attached to an aromatic ring is 1. The van der Waals surface area contributed by atoms with Crippen molar-refractivity contribution >= 4 is 49.0 Å². The average Bonchev–Trinajstić information content (AvgIpc) is 2.93. The van der Waals surface area contributed by atoms with Crippen LogP contribution in [-0.2, 0) is 0 Å². The Bertz CT molecular complexity index is 724. The predicted octanol–water partition coefficient (Wildman–Crippen LogP) is 4.57. The molecule has 0 amide bonds. The molecule has 0 aliphatic carbocycles. The second kappa shape index (κ2) is 5.07. The molecule has 0 spiro atoms. The molecule has 3 heterocycles. The van der Waals surface area contributed by atoms with Gasteiger partial charge >= 0.3 is 0 Å². The summed E-state index contributed by atoms with van der Waals surface area (Å²) in [6.45, 7) is 0.